The number of aliphatic hydroxyl groups excluding tert-OH is 1. The first-order valence-electron chi connectivity index (χ1n) is 7.29. The Morgan fingerprint density at radius 2 is 1.96 bits per heavy atom. The molecule has 0 amide bonds. The standard InChI is InChI=1S/C16H21NO5S/c1-11-4-6-13(7-5-11)23(20,21)17-9-8-14(15(18)10-17)12(2)16(19)22-3/h4-7,14-15,18H,2,8-10H2,1,3H3/t14-,15?/m1/s1. The van der Waals surface area contributed by atoms with Crippen LogP contribution < -0.4 is 0 Å². The number of benzene rings is 1. The molecule has 1 aromatic rings. The van der Waals surface area contributed by atoms with Crippen molar-refractivity contribution in [2.75, 3.05) is 20.2 Å². The predicted molar refractivity (Wildman–Crippen MR) is 85.2 cm³/mol. The van der Waals surface area contributed by atoms with E-state index in [1.54, 1.807) is 24.3 Å². The van der Waals surface area contributed by atoms with Gasteiger partial charge in [0.1, 0.15) is 0 Å². The van der Waals surface area contributed by atoms with Gasteiger partial charge in [-0.05, 0) is 25.5 Å². The molecule has 1 aliphatic heterocycles. The predicted octanol–water partition coefficient (Wildman–Crippen LogP) is 1.10. The third-order valence-electron chi connectivity index (χ3n) is 4.10. The second kappa shape index (κ2) is 6.82. The molecule has 2 atom stereocenters. The Kier molecular flexibility index (Phi) is 5.23. The quantitative estimate of drug-likeness (QED) is 0.656. The highest BCUT2D eigenvalue weighted by Crippen LogP contribution is 2.28. The van der Waals surface area contributed by atoms with Crippen LogP contribution in [0.1, 0.15) is 12.0 Å². The van der Waals surface area contributed by atoms with Crippen LogP contribution in [0, 0.1) is 12.8 Å². The maximum Gasteiger partial charge on any atom is 0.333 e. The molecular formula is C16H21NO5S. The molecule has 0 aliphatic carbocycles. The summed E-state index contributed by atoms with van der Waals surface area (Å²) in [6.07, 6.45) is -0.671. The fourth-order valence-electron chi connectivity index (χ4n) is 2.67. The molecule has 1 aliphatic rings. The lowest BCUT2D eigenvalue weighted by molar-refractivity contribution is -0.137. The van der Waals surface area contributed by atoms with E-state index in [4.69, 9.17) is 0 Å². The Labute approximate surface area is 136 Å². The van der Waals surface area contributed by atoms with Gasteiger partial charge in [0.15, 0.2) is 0 Å². The number of β-amino-alcohol motifs (C(OH)–C–C–N with tert-alkyl or cyclic N) is 1. The van der Waals surface area contributed by atoms with Gasteiger partial charge in [0.25, 0.3) is 0 Å². The number of rotatable bonds is 4. The van der Waals surface area contributed by atoms with Gasteiger partial charge in [-0.25, -0.2) is 13.2 Å². The summed E-state index contributed by atoms with van der Waals surface area (Å²) in [6.45, 7) is 5.67. The third kappa shape index (κ3) is 3.63. The van der Waals surface area contributed by atoms with E-state index in [9.17, 15) is 18.3 Å². The van der Waals surface area contributed by atoms with E-state index in [1.807, 2.05) is 6.92 Å². The number of sulfonamides is 1. The summed E-state index contributed by atoms with van der Waals surface area (Å²) in [5.74, 6) is -1.07. The van der Waals surface area contributed by atoms with Crippen LogP contribution in [0.4, 0.5) is 0 Å². The first kappa shape index (κ1) is 17.7. The lowest BCUT2D eigenvalue weighted by Gasteiger charge is -2.35. The fourth-order valence-corrected chi connectivity index (χ4v) is 4.14. The number of carbonyl (C=O) groups is 1. The summed E-state index contributed by atoms with van der Waals surface area (Å²) in [6, 6.07) is 6.57. The van der Waals surface area contributed by atoms with Gasteiger partial charge in [-0.1, -0.05) is 24.3 Å². The number of piperidine rings is 1. The number of esters is 1. The van der Waals surface area contributed by atoms with Crippen LogP contribution in [0.2, 0.25) is 0 Å². The van der Waals surface area contributed by atoms with E-state index in [1.165, 1.54) is 11.4 Å². The van der Waals surface area contributed by atoms with Crippen molar-refractivity contribution in [2.45, 2.75) is 24.3 Å². The highest BCUT2D eigenvalue weighted by Gasteiger charge is 2.37. The highest BCUT2D eigenvalue weighted by molar-refractivity contribution is 7.89. The monoisotopic (exact) mass is 339 g/mol. The van der Waals surface area contributed by atoms with Gasteiger partial charge in [0.2, 0.25) is 10.0 Å². The topological polar surface area (TPSA) is 83.9 Å². The van der Waals surface area contributed by atoms with Crippen molar-refractivity contribution in [3.8, 4) is 0 Å². The van der Waals surface area contributed by atoms with E-state index < -0.39 is 28.0 Å². The van der Waals surface area contributed by atoms with E-state index >= 15 is 0 Å². The van der Waals surface area contributed by atoms with Gasteiger partial charge >= 0.3 is 5.97 Å². The number of methoxy groups -OCH3 is 1. The number of hydrogen-bond acceptors (Lipinski definition) is 5. The summed E-state index contributed by atoms with van der Waals surface area (Å²) >= 11 is 0. The second-order valence-corrected chi connectivity index (χ2v) is 7.59. The first-order chi connectivity index (χ1) is 10.8. The van der Waals surface area contributed by atoms with E-state index in [2.05, 4.69) is 11.3 Å². The van der Waals surface area contributed by atoms with Gasteiger partial charge < -0.3 is 9.84 Å². The van der Waals surface area contributed by atoms with Gasteiger partial charge in [-0.15, -0.1) is 0 Å². The molecule has 1 N–H and O–H groups in total. The van der Waals surface area contributed by atoms with Crippen LogP contribution in [0.15, 0.2) is 41.3 Å². The van der Waals surface area contributed by atoms with Gasteiger partial charge in [-0.3, -0.25) is 0 Å². The Bertz CT molecular complexity index is 696. The molecule has 1 heterocycles. The Morgan fingerprint density at radius 3 is 2.48 bits per heavy atom. The van der Waals surface area contributed by atoms with Gasteiger partial charge in [-0.2, -0.15) is 4.31 Å². The van der Waals surface area contributed by atoms with Crippen LogP contribution in [-0.2, 0) is 19.6 Å². The minimum atomic E-state index is -3.66. The molecule has 23 heavy (non-hydrogen) atoms. The largest absolute Gasteiger partial charge is 0.466 e. The molecule has 0 saturated carbocycles. The van der Waals surface area contributed by atoms with E-state index in [-0.39, 0.29) is 23.6 Å². The molecule has 0 spiro atoms. The summed E-state index contributed by atoms with van der Waals surface area (Å²) in [4.78, 5) is 11.7. The van der Waals surface area contributed by atoms with Crippen LogP contribution in [0.25, 0.3) is 0 Å². The highest BCUT2D eigenvalue weighted by atomic mass is 32.2. The molecule has 1 unspecified atom stereocenters. The average Bonchev–Trinajstić information content (AvgIpc) is 2.53. The molecule has 0 bridgehead atoms. The van der Waals surface area contributed by atoms with Crippen molar-refractivity contribution in [1.82, 2.24) is 4.31 Å². The van der Waals surface area contributed by atoms with Crippen molar-refractivity contribution in [1.29, 1.82) is 0 Å². The summed E-state index contributed by atoms with van der Waals surface area (Å²) in [5.41, 5.74) is 1.14. The van der Waals surface area contributed by atoms with Crippen LogP contribution in [0.3, 0.4) is 0 Å². The molecule has 2 rings (SSSR count). The number of aliphatic hydroxyl groups is 1. The first-order valence-corrected chi connectivity index (χ1v) is 8.73. The molecule has 7 heteroatoms. The van der Waals surface area contributed by atoms with Gasteiger partial charge in [0.05, 0.1) is 18.1 Å². The summed E-state index contributed by atoms with van der Waals surface area (Å²) in [5, 5.41) is 10.2. The van der Waals surface area contributed by atoms with Gasteiger partial charge in [0, 0.05) is 24.6 Å². The number of carbonyl (C=O) groups excluding carboxylic acids is 1. The number of hydrogen-bond donors (Lipinski definition) is 1. The van der Waals surface area contributed by atoms with E-state index in [0.29, 0.717) is 6.42 Å². The average molecular weight is 339 g/mol. The Morgan fingerprint density at radius 1 is 1.35 bits per heavy atom. The van der Waals surface area contributed by atoms with Crippen molar-refractivity contribution >= 4 is 16.0 Å². The minimum Gasteiger partial charge on any atom is -0.466 e. The summed E-state index contributed by atoms with van der Waals surface area (Å²) < 4.78 is 31.1. The normalized spacial score (nSPS) is 22.6. The molecule has 6 nitrogen and oxygen atoms in total. The Balaban J connectivity index is 2.14. The lowest BCUT2D eigenvalue weighted by atomic mass is 9.88. The number of ether oxygens (including phenoxy) is 1. The smallest absolute Gasteiger partial charge is 0.333 e. The molecule has 1 saturated heterocycles. The molecular weight excluding hydrogens is 318 g/mol. The van der Waals surface area contributed by atoms with Crippen molar-refractivity contribution in [3.05, 3.63) is 42.0 Å². The lowest BCUT2D eigenvalue weighted by Crippen LogP contribution is -2.47. The van der Waals surface area contributed by atoms with Crippen LogP contribution in [0.5, 0.6) is 0 Å². The van der Waals surface area contributed by atoms with E-state index in [0.717, 1.165) is 5.56 Å². The maximum absolute atomic E-state index is 12.6. The maximum atomic E-state index is 12.6. The molecule has 0 radical (unpaired) electrons. The summed E-state index contributed by atoms with van der Waals surface area (Å²) in [7, 11) is -2.41. The zero-order valence-electron chi connectivity index (χ0n) is 13.2. The number of aryl methyl sites for hydroxylation is 1. The molecule has 1 aromatic carbocycles. The second-order valence-electron chi connectivity index (χ2n) is 5.66. The van der Waals surface area contributed by atoms with Crippen molar-refractivity contribution in [2.24, 2.45) is 5.92 Å². The van der Waals surface area contributed by atoms with Crippen LogP contribution in [-0.4, -0.2) is 50.1 Å². The molecule has 0 aromatic heterocycles. The van der Waals surface area contributed by atoms with Crippen molar-refractivity contribution < 1.29 is 23.1 Å². The molecule has 126 valence electrons. The Hall–Kier alpha value is -1.70. The SMILES string of the molecule is C=C(C(=O)OC)[C@H]1CCN(S(=O)(=O)c2ccc(C)cc2)CC1O. The number of nitrogens with zero attached hydrogens (tertiary/aromatic N) is 1. The minimum absolute atomic E-state index is 0.0725. The molecule has 1 fully saturated rings. The zero-order chi connectivity index (χ0) is 17.2. The third-order valence-corrected chi connectivity index (χ3v) is 5.98. The van der Waals surface area contributed by atoms with Crippen LogP contribution >= 0.6 is 0 Å². The fraction of sp³-hybridized carbons (Fsp3) is 0.438. The van der Waals surface area contributed by atoms with Crippen molar-refractivity contribution in [3.63, 3.8) is 0 Å². The zero-order valence-corrected chi connectivity index (χ0v) is 14.0.